The van der Waals surface area contributed by atoms with Crippen molar-refractivity contribution >= 4 is 15.9 Å². The van der Waals surface area contributed by atoms with E-state index in [9.17, 15) is 0 Å². The second-order valence-electron chi connectivity index (χ2n) is 5.01. The summed E-state index contributed by atoms with van der Waals surface area (Å²) in [5.41, 5.74) is 2.79. The molecule has 4 heteroatoms. The normalized spacial score (nSPS) is 20.0. The van der Waals surface area contributed by atoms with Crippen molar-refractivity contribution in [2.24, 2.45) is 0 Å². The molecule has 100 valence electrons. The van der Waals surface area contributed by atoms with Crippen LogP contribution in [0.1, 0.15) is 59.8 Å². The molecule has 0 radical (unpaired) electrons. The molecule has 0 N–H and O–H groups in total. The van der Waals surface area contributed by atoms with Crippen LogP contribution in [0.3, 0.4) is 0 Å². The van der Waals surface area contributed by atoms with E-state index in [2.05, 4.69) is 57.3 Å². The molecular weight excluding hydrogens is 304 g/mol. The van der Waals surface area contributed by atoms with Gasteiger partial charge in [-0.05, 0) is 36.8 Å². The van der Waals surface area contributed by atoms with Gasteiger partial charge in [-0.25, -0.2) is 0 Å². The summed E-state index contributed by atoms with van der Waals surface area (Å²) in [6, 6.07) is 8.61. The minimum absolute atomic E-state index is 0.160. The van der Waals surface area contributed by atoms with Crippen LogP contribution in [0.4, 0.5) is 0 Å². The Hall–Kier alpha value is -1.16. The predicted octanol–water partition coefficient (Wildman–Crippen LogP) is 4.38. The highest BCUT2D eigenvalue weighted by molar-refractivity contribution is 9.09. The van der Waals surface area contributed by atoms with E-state index in [4.69, 9.17) is 4.52 Å². The zero-order valence-corrected chi connectivity index (χ0v) is 12.6. The molecule has 0 amide bonds. The number of benzene rings is 1. The van der Waals surface area contributed by atoms with Gasteiger partial charge >= 0.3 is 0 Å². The maximum Gasteiger partial charge on any atom is 0.240 e. The zero-order chi connectivity index (χ0) is 13.2. The lowest BCUT2D eigenvalue weighted by atomic mass is 9.82. The lowest BCUT2D eigenvalue weighted by Crippen LogP contribution is -2.12. The fraction of sp³-hybridized carbons (Fsp3) is 0.467. The van der Waals surface area contributed by atoms with E-state index in [0.29, 0.717) is 11.8 Å². The molecule has 2 unspecified atom stereocenters. The molecule has 0 spiro atoms. The molecule has 1 aromatic heterocycles. The van der Waals surface area contributed by atoms with Gasteiger partial charge in [0, 0.05) is 5.92 Å². The van der Waals surface area contributed by atoms with Crippen molar-refractivity contribution < 1.29 is 4.52 Å². The minimum atomic E-state index is 0.160. The van der Waals surface area contributed by atoms with Crippen LogP contribution in [0.2, 0.25) is 0 Å². The molecule has 3 rings (SSSR count). The van der Waals surface area contributed by atoms with Crippen LogP contribution in [-0.4, -0.2) is 10.1 Å². The zero-order valence-electron chi connectivity index (χ0n) is 11.0. The first-order chi connectivity index (χ1) is 9.29. The van der Waals surface area contributed by atoms with Crippen molar-refractivity contribution in [3.8, 4) is 0 Å². The molecule has 1 heterocycles. The third-order valence-electron chi connectivity index (χ3n) is 3.76. The Morgan fingerprint density at radius 1 is 1.42 bits per heavy atom. The summed E-state index contributed by atoms with van der Waals surface area (Å²) in [5.74, 6) is 1.82. The van der Waals surface area contributed by atoms with E-state index in [1.807, 2.05) is 0 Å². The maximum atomic E-state index is 5.38. The van der Waals surface area contributed by atoms with Gasteiger partial charge in [-0.15, -0.1) is 0 Å². The highest BCUT2D eigenvalue weighted by atomic mass is 79.9. The first kappa shape index (κ1) is 12.9. The third-order valence-corrected chi connectivity index (χ3v) is 4.80. The predicted molar refractivity (Wildman–Crippen MR) is 77.5 cm³/mol. The number of nitrogens with zero attached hydrogens (tertiary/aromatic N) is 2. The van der Waals surface area contributed by atoms with Gasteiger partial charge in [0.15, 0.2) is 5.82 Å². The fourth-order valence-electron chi connectivity index (χ4n) is 2.71. The van der Waals surface area contributed by atoms with E-state index in [1.165, 1.54) is 17.5 Å². The largest absolute Gasteiger partial charge is 0.338 e. The third kappa shape index (κ3) is 2.46. The van der Waals surface area contributed by atoms with Crippen LogP contribution in [0, 0.1) is 0 Å². The van der Waals surface area contributed by atoms with Crippen LogP contribution in [0.25, 0.3) is 0 Å². The molecule has 2 aromatic rings. The summed E-state index contributed by atoms with van der Waals surface area (Å²) in [6.45, 7) is 2.10. The molecule has 1 aliphatic carbocycles. The number of fused-ring (bicyclic) bond motifs is 1. The molecule has 0 saturated carbocycles. The first-order valence-corrected chi connectivity index (χ1v) is 7.76. The Balaban J connectivity index is 1.93. The van der Waals surface area contributed by atoms with Gasteiger partial charge < -0.3 is 4.52 Å². The topological polar surface area (TPSA) is 38.9 Å². The van der Waals surface area contributed by atoms with Gasteiger partial charge in [-0.3, -0.25) is 0 Å². The van der Waals surface area contributed by atoms with Gasteiger partial charge in [0.25, 0.3) is 0 Å². The number of hydrogen-bond acceptors (Lipinski definition) is 3. The molecule has 0 bridgehead atoms. The maximum absolute atomic E-state index is 5.38. The molecule has 1 aliphatic rings. The Labute approximate surface area is 121 Å². The summed E-state index contributed by atoms with van der Waals surface area (Å²) >= 11 is 3.56. The summed E-state index contributed by atoms with van der Waals surface area (Å²) in [4.78, 5) is 4.74. The minimum Gasteiger partial charge on any atom is -0.338 e. The van der Waals surface area contributed by atoms with E-state index >= 15 is 0 Å². The molecule has 19 heavy (non-hydrogen) atoms. The van der Waals surface area contributed by atoms with E-state index in [0.717, 1.165) is 25.1 Å². The van der Waals surface area contributed by atoms with Gasteiger partial charge in [0.2, 0.25) is 5.89 Å². The average Bonchev–Trinajstić information content (AvgIpc) is 2.95. The molecule has 2 atom stereocenters. The van der Waals surface area contributed by atoms with Crippen molar-refractivity contribution in [2.45, 2.75) is 43.4 Å². The Bertz CT molecular complexity index is 567. The van der Waals surface area contributed by atoms with Gasteiger partial charge in [0.1, 0.15) is 0 Å². The van der Waals surface area contributed by atoms with Gasteiger partial charge in [-0.2, -0.15) is 4.98 Å². The van der Waals surface area contributed by atoms with Gasteiger partial charge in [0.05, 0.1) is 4.83 Å². The Morgan fingerprint density at radius 2 is 2.26 bits per heavy atom. The number of aromatic nitrogens is 2. The van der Waals surface area contributed by atoms with Crippen LogP contribution in [0.5, 0.6) is 0 Å². The lowest BCUT2D eigenvalue weighted by molar-refractivity contribution is 0.367. The van der Waals surface area contributed by atoms with E-state index < -0.39 is 0 Å². The summed E-state index contributed by atoms with van der Waals surface area (Å²) in [5, 5.41) is 4.19. The second-order valence-corrected chi connectivity index (χ2v) is 6.12. The van der Waals surface area contributed by atoms with Crippen molar-refractivity contribution in [1.82, 2.24) is 10.1 Å². The van der Waals surface area contributed by atoms with Crippen LogP contribution in [-0.2, 0) is 6.42 Å². The van der Waals surface area contributed by atoms with Gasteiger partial charge in [-0.1, -0.05) is 52.3 Å². The number of aryl methyl sites for hydroxylation is 1. The van der Waals surface area contributed by atoms with E-state index in [-0.39, 0.29) is 4.83 Å². The molecular formula is C15H17BrN2O. The van der Waals surface area contributed by atoms with Crippen molar-refractivity contribution in [3.05, 3.63) is 47.1 Å². The highest BCUT2D eigenvalue weighted by Gasteiger charge is 2.26. The van der Waals surface area contributed by atoms with Crippen molar-refractivity contribution in [2.75, 3.05) is 0 Å². The molecule has 1 aromatic carbocycles. The number of hydrogen-bond donors (Lipinski definition) is 0. The van der Waals surface area contributed by atoms with Crippen LogP contribution in [0.15, 0.2) is 28.8 Å². The Morgan fingerprint density at radius 3 is 3.11 bits per heavy atom. The fourth-order valence-corrected chi connectivity index (χ4v) is 2.90. The summed E-state index contributed by atoms with van der Waals surface area (Å²) in [6.07, 6.45) is 4.41. The van der Waals surface area contributed by atoms with Crippen LogP contribution < -0.4 is 0 Å². The van der Waals surface area contributed by atoms with Crippen LogP contribution >= 0.6 is 15.9 Å². The quantitative estimate of drug-likeness (QED) is 0.787. The summed E-state index contributed by atoms with van der Waals surface area (Å²) < 4.78 is 5.38. The van der Waals surface area contributed by atoms with E-state index in [1.54, 1.807) is 0 Å². The molecule has 0 saturated heterocycles. The lowest BCUT2D eigenvalue weighted by Gasteiger charge is -2.22. The van der Waals surface area contributed by atoms with Crippen molar-refractivity contribution in [3.63, 3.8) is 0 Å². The summed E-state index contributed by atoms with van der Waals surface area (Å²) in [7, 11) is 0. The number of alkyl halides is 1. The first-order valence-electron chi connectivity index (χ1n) is 6.85. The van der Waals surface area contributed by atoms with Crippen molar-refractivity contribution in [1.29, 1.82) is 0 Å². The standard InChI is InChI=1S/C15H17BrN2O/c1-2-13(16)15-17-14(18-19-15)12-9-5-7-10-6-3-4-8-11(10)12/h3-4,6,8,12-13H,2,5,7,9H2,1H3. The molecule has 0 aliphatic heterocycles. The highest BCUT2D eigenvalue weighted by Crippen LogP contribution is 2.36. The number of halogens is 1. The second kappa shape index (κ2) is 5.45. The Kier molecular flexibility index (Phi) is 3.69. The monoisotopic (exact) mass is 320 g/mol. The SMILES string of the molecule is CCC(Br)c1nc(C2CCCc3ccccc32)no1. The average molecular weight is 321 g/mol. The molecule has 3 nitrogen and oxygen atoms in total. The molecule has 0 fully saturated rings. The number of rotatable bonds is 3. The smallest absolute Gasteiger partial charge is 0.240 e.